The van der Waals surface area contributed by atoms with Gasteiger partial charge in [-0.2, -0.15) is 0 Å². The molecule has 5 nitrogen and oxygen atoms in total. The average molecular weight is 269 g/mol. The molecule has 18 heavy (non-hydrogen) atoms. The number of carbonyl (C=O) groups excluding carboxylic acids is 1. The zero-order chi connectivity index (χ0) is 13.4. The maximum Gasteiger partial charge on any atom is 0.332 e. The minimum absolute atomic E-state index is 0.0110. The lowest BCUT2D eigenvalue weighted by Crippen LogP contribution is -2.31. The number of aliphatic hydroxyl groups excluding tert-OH is 1. The van der Waals surface area contributed by atoms with Crippen LogP contribution >= 0.6 is 11.8 Å². The van der Waals surface area contributed by atoms with Gasteiger partial charge in [0.25, 0.3) is 0 Å². The van der Waals surface area contributed by atoms with E-state index in [1.54, 1.807) is 0 Å². The van der Waals surface area contributed by atoms with Crippen molar-refractivity contribution < 1.29 is 19.8 Å². The van der Waals surface area contributed by atoms with Gasteiger partial charge in [-0.15, -0.1) is 11.8 Å². The highest BCUT2D eigenvalue weighted by Gasteiger charge is 2.12. The number of benzene rings is 1. The first kappa shape index (κ1) is 14.5. The van der Waals surface area contributed by atoms with Crippen LogP contribution in [0, 0.1) is 0 Å². The minimum Gasteiger partial charge on any atom is -0.479 e. The lowest BCUT2D eigenvalue weighted by atomic mass is 10.2. The van der Waals surface area contributed by atoms with E-state index in [1.807, 2.05) is 30.3 Å². The lowest BCUT2D eigenvalue weighted by Gasteiger charge is -2.07. The van der Waals surface area contributed by atoms with E-state index in [4.69, 9.17) is 10.2 Å². The fraction of sp³-hybridized carbons (Fsp3) is 0.333. The van der Waals surface area contributed by atoms with Crippen LogP contribution in [0.4, 0.5) is 0 Å². The van der Waals surface area contributed by atoms with Crippen LogP contribution in [0.5, 0.6) is 0 Å². The smallest absolute Gasteiger partial charge is 0.332 e. The quantitative estimate of drug-likeness (QED) is 0.635. The summed E-state index contributed by atoms with van der Waals surface area (Å²) in [7, 11) is 0. The predicted octanol–water partition coefficient (Wildman–Crippen LogP) is 0.731. The third-order valence-electron chi connectivity index (χ3n) is 2.14. The molecule has 0 aliphatic heterocycles. The monoisotopic (exact) mass is 269 g/mol. The highest BCUT2D eigenvalue weighted by molar-refractivity contribution is 8.00. The minimum atomic E-state index is -1.42. The first-order valence-electron chi connectivity index (χ1n) is 5.45. The molecule has 98 valence electrons. The van der Waals surface area contributed by atoms with Crippen LogP contribution < -0.4 is 5.32 Å². The fourth-order valence-corrected chi connectivity index (χ4v) is 1.94. The Kier molecular flexibility index (Phi) is 6.24. The van der Waals surface area contributed by atoms with E-state index in [2.05, 4.69) is 5.32 Å². The molecule has 0 unspecified atom stereocenters. The van der Waals surface area contributed by atoms with Crippen molar-refractivity contribution in [3.8, 4) is 0 Å². The number of carboxylic acid groups (broad SMARTS) is 1. The van der Waals surface area contributed by atoms with Gasteiger partial charge in [-0.3, -0.25) is 4.79 Å². The normalized spacial score (nSPS) is 11.8. The van der Waals surface area contributed by atoms with Gasteiger partial charge in [0.2, 0.25) is 5.91 Å². The molecule has 0 saturated carbocycles. The lowest BCUT2D eigenvalue weighted by molar-refractivity contribution is -0.147. The summed E-state index contributed by atoms with van der Waals surface area (Å²) in [4.78, 5) is 22.7. The number of aliphatic hydroxyl groups is 1. The van der Waals surface area contributed by atoms with Crippen LogP contribution in [-0.4, -0.2) is 40.5 Å². The van der Waals surface area contributed by atoms with Gasteiger partial charge in [0, 0.05) is 17.9 Å². The largest absolute Gasteiger partial charge is 0.479 e. The molecule has 0 bridgehead atoms. The van der Waals surface area contributed by atoms with Gasteiger partial charge in [0.1, 0.15) is 0 Å². The molecule has 0 heterocycles. The topological polar surface area (TPSA) is 86.6 Å². The standard InChI is InChI=1S/C12H15NO4S/c14-10(12(16)17)6-7-13-11(15)8-18-9-4-2-1-3-5-9/h1-5,10,14H,6-8H2,(H,13,15)(H,16,17)/t10-/m0/s1. The number of carbonyl (C=O) groups is 2. The van der Waals surface area contributed by atoms with Gasteiger partial charge in [-0.25, -0.2) is 4.79 Å². The molecule has 0 aliphatic carbocycles. The van der Waals surface area contributed by atoms with Gasteiger partial charge >= 0.3 is 5.97 Å². The first-order valence-corrected chi connectivity index (χ1v) is 6.43. The summed E-state index contributed by atoms with van der Waals surface area (Å²) >= 11 is 1.40. The zero-order valence-corrected chi connectivity index (χ0v) is 10.5. The summed E-state index contributed by atoms with van der Waals surface area (Å²) in [6, 6.07) is 9.50. The number of aliphatic carboxylic acids is 1. The van der Waals surface area contributed by atoms with E-state index >= 15 is 0 Å². The second-order valence-electron chi connectivity index (χ2n) is 3.59. The van der Waals surface area contributed by atoms with Crippen LogP contribution in [-0.2, 0) is 9.59 Å². The number of hydrogen-bond donors (Lipinski definition) is 3. The van der Waals surface area contributed by atoms with Crippen molar-refractivity contribution >= 4 is 23.6 Å². The number of nitrogens with one attached hydrogen (secondary N) is 1. The van der Waals surface area contributed by atoms with E-state index in [9.17, 15) is 9.59 Å². The number of rotatable bonds is 7. The van der Waals surface area contributed by atoms with E-state index < -0.39 is 12.1 Å². The molecular formula is C12H15NO4S. The Balaban J connectivity index is 2.17. The van der Waals surface area contributed by atoms with Crippen molar-refractivity contribution in [3.63, 3.8) is 0 Å². The summed E-state index contributed by atoms with van der Waals surface area (Å²) in [5.41, 5.74) is 0. The molecule has 1 rings (SSSR count). The third kappa shape index (κ3) is 5.70. The molecule has 0 spiro atoms. The molecule has 0 radical (unpaired) electrons. The Labute approximate surface area is 109 Å². The van der Waals surface area contributed by atoms with Gasteiger partial charge in [0.15, 0.2) is 6.10 Å². The third-order valence-corrected chi connectivity index (χ3v) is 3.15. The molecule has 1 amide bonds. The average Bonchev–Trinajstić information content (AvgIpc) is 2.37. The van der Waals surface area contributed by atoms with E-state index in [1.165, 1.54) is 11.8 Å². The van der Waals surface area contributed by atoms with E-state index in [0.29, 0.717) is 0 Å². The molecule has 1 aromatic carbocycles. The predicted molar refractivity (Wildman–Crippen MR) is 68.4 cm³/mol. The van der Waals surface area contributed by atoms with Gasteiger partial charge in [0.05, 0.1) is 5.75 Å². The SMILES string of the molecule is O=C(CSc1ccccc1)NCC[C@H](O)C(=O)O. The molecule has 6 heteroatoms. The van der Waals surface area contributed by atoms with Crippen LogP contribution in [0.1, 0.15) is 6.42 Å². The van der Waals surface area contributed by atoms with Crippen molar-refractivity contribution in [2.75, 3.05) is 12.3 Å². The van der Waals surface area contributed by atoms with Crippen molar-refractivity contribution in [1.82, 2.24) is 5.32 Å². The maximum atomic E-state index is 11.4. The molecule has 1 atom stereocenters. The zero-order valence-electron chi connectivity index (χ0n) is 9.70. The van der Waals surface area contributed by atoms with E-state index in [-0.39, 0.29) is 24.6 Å². The summed E-state index contributed by atoms with van der Waals surface area (Å²) < 4.78 is 0. The number of thioether (sulfide) groups is 1. The van der Waals surface area contributed by atoms with Crippen LogP contribution in [0.25, 0.3) is 0 Å². The first-order chi connectivity index (χ1) is 8.59. The van der Waals surface area contributed by atoms with Gasteiger partial charge in [-0.1, -0.05) is 18.2 Å². The Morgan fingerprint density at radius 1 is 1.28 bits per heavy atom. The second-order valence-corrected chi connectivity index (χ2v) is 4.64. The van der Waals surface area contributed by atoms with Crippen molar-refractivity contribution in [2.24, 2.45) is 0 Å². The summed E-state index contributed by atoms with van der Waals surface area (Å²) in [6.07, 6.45) is -1.41. The molecule has 0 fully saturated rings. The van der Waals surface area contributed by atoms with Crippen LogP contribution in [0.3, 0.4) is 0 Å². The molecule has 0 saturated heterocycles. The van der Waals surface area contributed by atoms with Crippen molar-refractivity contribution in [2.45, 2.75) is 17.4 Å². The van der Waals surface area contributed by atoms with Crippen LogP contribution in [0.15, 0.2) is 35.2 Å². The maximum absolute atomic E-state index is 11.4. The second kappa shape index (κ2) is 7.73. The number of hydrogen-bond acceptors (Lipinski definition) is 4. The molecular weight excluding hydrogens is 254 g/mol. The Morgan fingerprint density at radius 2 is 1.94 bits per heavy atom. The Hall–Kier alpha value is -1.53. The molecule has 0 aromatic heterocycles. The fourth-order valence-electron chi connectivity index (χ4n) is 1.19. The van der Waals surface area contributed by atoms with Crippen molar-refractivity contribution in [3.05, 3.63) is 30.3 Å². The summed E-state index contributed by atoms with van der Waals surface area (Å²) in [5, 5.41) is 20.0. The molecule has 0 aliphatic rings. The van der Waals surface area contributed by atoms with Gasteiger partial charge < -0.3 is 15.5 Å². The van der Waals surface area contributed by atoms with Crippen LogP contribution in [0.2, 0.25) is 0 Å². The highest BCUT2D eigenvalue weighted by Crippen LogP contribution is 2.16. The molecule has 3 N–H and O–H groups in total. The number of amides is 1. The Morgan fingerprint density at radius 3 is 2.56 bits per heavy atom. The summed E-state index contributed by atoms with van der Waals surface area (Å²) in [6.45, 7) is 0.154. The Bertz CT molecular complexity index is 396. The van der Waals surface area contributed by atoms with Gasteiger partial charge in [-0.05, 0) is 12.1 Å². The highest BCUT2D eigenvalue weighted by atomic mass is 32.2. The molecule has 1 aromatic rings. The van der Waals surface area contributed by atoms with Crippen molar-refractivity contribution in [1.29, 1.82) is 0 Å². The summed E-state index contributed by atoms with van der Waals surface area (Å²) in [5.74, 6) is -1.18. The van der Waals surface area contributed by atoms with E-state index in [0.717, 1.165) is 4.90 Å². The number of carboxylic acids is 1.